The molecule has 0 spiro atoms. The van der Waals surface area contributed by atoms with E-state index in [4.69, 9.17) is 0 Å². The number of hydrogen-bond acceptors (Lipinski definition) is 3. The van der Waals surface area contributed by atoms with Gasteiger partial charge < -0.3 is 15.5 Å². The average molecular weight is 229 g/mol. The zero-order valence-electron chi connectivity index (χ0n) is 10.7. The smallest absolute Gasteiger partial charge is 0.0645 e. The minimum absolute atomic E-state index is 0.0170. The van der Waals surface area contributed by atoms with Crippen molar-refractivity contribution in [1.29, 1.82) is 0 Å². The van der Waals surface area contributed by atoms with Crippen LogP contribution in [0.4, 0.5) is 0 Å². The molecular formula is C13H27NO2. The van der Waals surface area contributed by atoms with Gasteiger partial charge in [0.1, 0.15) is 0 Å². The van der Waals surface area contributed by atoms with Crippen LogP contribution in [0.25, 0.3) is 0 Å². The number of aliphatic hydroxyl groups excluding tert-OH is 2. The first-order valence-corrected chi connectivity index (χ1v) is 6.62. The van der Waals surface area contributed by atoms with Crippen LogP contribution < -0.4 is 5.32 Å². The predicted molar refractivity (Wildman–Crippen MR) is 66.3 cm³/mol. The van der Waals surface area contributed by atoms with Crippen molar-refractivity contribution in [2.45, 2.75) is 51.5 Å². The number of hydrogen-bond donors (Lipinski definition) is 3. The summed E-state index contributed by atoms with van der Waals surface area (Å²) >= 11 is 0. The normalized spacial score (nSPS) is 27.0. The molecule has 1 aliphatic rings. The molecule has 0 saturated heterocycles. The van der Waals surface area contributed by atoms with Crippen molar-refractivity contribution in [3.05, 3.63) is 0 Å². The van der Waals surface area contributed by atoms with Crippen LogP contribution in [0.3, 0.4) is 0 Å². The van der Waals surface area contributed by atoms with Crippen molar-refractivity contribution in [2.24, 2.45) is 11.8 Å². The predicted octanol–water partition coefficient (Wildman–Crippen LogP) is 1.54. The Kier molecular flexibility index (Phi) is 5.73. The lowest BCUT2D eigenvalue weighted by atomic mass is 9.82. The van der Waals surface area contributed by atoms with Crippen LogP contribution in [0.5, 0.6) is 0 Å². The van der Waals surface area contributed by atoms with E-state index in [0.717, 1.165) is 24.8 Å². The van der Waals surface area contributed by atoms with Crippen molar-refractivity contribution in [3.63, 3.8) is 0 Å². The molecule has 0 amide bonds. The quantitative estimate of drug-likeness (QED) is 0.647. The Balaban J connectivity index is 2.32. The van der Waals surface area contributed by atoms with Crippen LogP contribution in [0, 0.1) is 11.8 Å². The first-order valence-electron chi connectivity index (χ1n) is 6.62. The first-order chi connectivity index (χ1) is 7.65. The Hall–Kier alpha value is -0.120. The van der Waals surface area contributed by atoms with Crippen molar-refractivity contribution in [2.75, 3.05) is 19.8 Å². The van der Waals surface area contributed by atoms with Gasteiger partial charge in [0.2, 0.25) is 0 Å². The minimum Gasteiger partial charge on any atom is -0.394 e. The van der Waals surface area contributed by atoms with E-state index in [9.17, 15) is 10.2 Å². The lowest BCUT2D eigenvalue weighted by molar-refractivity contribution is 0.0812. The number of rotatable bonds is 6. The summed E-state index contributed by atoms with van der Waals surface area (Å²) < 4.78 is 0. The summed E-state index contributed by atoms with van der Waals surface area (Å²) in [5, 5.41) is 22.0. The summed E-state index contributed by atoms with van der Waals surface area (Å²) in [4.78, 5) is 0. The molecular weight excluding hydrogens is 202 g/mol. The molecule has 16 heavy (non-hydrogen) atoms. The van der Waals surface area contributed by atoms with E-state index in [1.807, 2.05) is 6.92 Å². The third-order valence-electron chi connectivity index (χ3n) is 4.18. The fourth-order valence-corrected chi connectivity index (χ4v) is 2.40. The average Bonchev–Trinajstić information content (AvgIpc) is 2.34. The van der Waals surface area contributed by atoms with E-state index in [1.54, 1.807) is 0 Å². The van der Waals surface area contributed by atoms with Crippen LogP contribution in [0.1, 0.15) is 46.0 Å². The number of aliphatic hydroxyl groups is 2. The molecule has 0 unspecified atom stereocenters. The highest BCUT2D eigenvalue weighted by Crippen LogP contribution is 2.28. The van der Waals surface area contributed by atoms with Crippen LogP contribution in [-0.4, -0.2) is 35.5 Å². The summed E-state index contributed by atoms with van der Waals surface area (Å²) in [6, 6.07) is 0. The Bertz CT molecular complexity index is 176. The maximum absolute atomic E-state index is 9.33. The summed E-state index contributed by atoms with van der Waals surface area (Å²) in [5.74, 6) is 1.60. The summed E-state index contributed by atoms with van der Waals surface area (Å²) in [6.07, 6.45) is 5.98. The highest BCUT2D eigenvalue weighted by atomic mass is 16.3. The van der Waals surface area contributed by atoms with Gasteiger partial charge in [-0.05, 0) is 37.6 Å². The van der Waals surface area contributed by atoms with Gasteiger partial charge in [0.25, 0.3) is 0 Å². The molecule has 0 aromatic rings. The van der Waals surface area contributed by atoms with Gasteiger partial charge in [0, 0.05) is 0 Å². The van der Waals surface area contributed by atoms with E-state index in [1.165, 1.54) is 25.7 Å². The van der Waals surface area contributed by atoms with E-state index in [-0.39, 0.29) is 13.2 Å². The van der Waals surface area contributed by atoms with Gasteiger partial charge >= 0.3 is 0 Å². The molecule has 1 fully saturated rings. The molecule has 96 valence electrons. The molecule has 0 aromatic heterocycles. The third kappa shape index (κ3) is 3.72. The third-order valence-corrected chi connectivity index (χ3v) is 4.18. The van der Waals surface area contributed by atoms with Crippen molar-refractivity contribution in [3.8, 4) is 0 Å². The molecule has 0 bridgehead atoms. The van der Waals surface area contributed by atoms with E-state index in [0.29, 0.717) is 0 Å². The van der Waals surface area contributed by atoms with Crippen molar-refractivity contribution in [1.82, 2.24) is 5.32 Å². The zero-order valence-corrected chi connectivity index (χ0v) is 10.7. The molecule has 0 heterocycles. The van der Waals surface area contributed by atoms with Gasteiger partial charge in [0.15, 0.2) is 0 Å². The van der Waals surface area contributed by atoms with Gasteiger partial charge in [0.05, 0.1) is 18.8 Å². The summed E-state index contributed by atoms with van der Waals surface area (Å²) in [6.45, 7) is 5.29. The fourth-order valence-electron chi connectivity index (χ4n) is 2.40. The Morgan fingerprint density at radius 2 is 1.69 bits per heavy atom. The monoisotopic (exact) mass is 229 g/mol. The first kappa shape index (κ1) is 13.9. The van der Waals surface area contributed by atoms with Crippen LogP contribution in [0.2, 0.25) is 0 Å². The molecule has 0 aliphatic heterocycles. The molecule has 1 rings (SSSR count). The fraction of sp³-hybridized carbons (Fsp3) is 1.00. The van der Waals surface area contributed by atoms with Gasteiger partial charge in [-0.3, -0.25) is 0 Å². The molecule has 0 aromatic carbocycles. The molecule has 0 radical (unpaired) electrons. The van der Waals surface area contributed by atoms with Crippen LogP contribution in [-0.2, 0) is 0 Å². The molecule has 3 heteroatoms. The molecule has 1 saturated carbocycles. The summed E-state index contributed by atoms with van der Waals surface area (Å²) in [7, 11) is 0. The van der Waals surface area contributed by atoms with Crippen molar-refractivity contribution < 1.29 is 10.2 Å². The second-order valence-electron chi connectivity index (χ2n) is 5.46. The van der Waals surface area contributed by atoms with E-state index >= 15 is 0 Å². The standard InChI is InChI=1S/C13H27NO2/c1-3-13(9-15,10-16)14-8-12-6-4-11(2)5-7-12/h11-12,14-16H,3-10H2,1-2H3. The van der Waals surface area contributed by atoms with Crippen molar-refractivity contribution >= 4 is 0 Å². The second-order valence-corrected chi connectivity index (χ2v) is 5.46. The highest BCUT2D eigenvalue weighted by molar-refractivity contribution is 4.86. The van der Waals surface area contributed by atoms with Gasteiger partial charge in [-0.15, -0.1) is 0 Å². The molecule has 3 N–H and O–H groups in total. The molecule has 0 atom stereocenters. The lowest BCUT2D eigenvalue weighted by Gasteiger charge is -2.34. The second kappa shape index (κ2) is 6.58. The SMILES string of the molecule is CCC(CO)(CO)NCC1CCC(C)CC1. The Morgan fingerprint density at radius 3 is 2.12 bits per heavy atom. The maximum atomic E-state index is 9.33. The number of nitrogens with one attached hydrogen (secondary N) is 1. The van der Waals surface area contributed by atoms with Gasteiger partial charge in [-0.2, -0.15) is 0 Å². The highest BCUT2D eigenvalue weighted by Gasteiger charge is 2.27. The van der Waals surface area contributed by atoms with Crippen LogP contribution in [0.15, 0.2) is 0 Å². The minimum atomic E-state index is -0.469. The van der Waals surface area contributed by atoms with Gasteiger partial charge in [-0.25, -0.2) is 0 Å². The molecule has 1 aliphatic carbocycles. The molecule has 3 nitrogen and oxygen atoms in total. The maximum Gasteiger partial charge on any atom is 0.0645 e. The Morgan fingerprint density at radius 1 is 1.12 bits per heavy atom. The van der Waals surface area contributed by atoms with Gasteiger partial charge in [-0.1, -0.05) is 26.7 Å². The van der Waals surface area contributed by atoms with Crippen LogP contribution >= 0.6 is 0 Å². The Labute approximate surface area is 99.3 Å². The van der Waals surface area contributed by atoms with E-state index < -0.39 is 5.54 Å². The zero-order chi connectivity index (χ0) is 12.0. The topological polar surface area (TPSA) is 52.5 Å². The largest absolute Gasteiger partial charge is 0.394 e. The lowest BCUT2D eigenvalue weighted by Crippen LogP contribution is -2.52. The summed E-state index contributed by atoms with van der Waals surface area (Å²) in [5.41, 5.74) is -0.469. The van der Waals surface area contributed by atoms with E-state index in [2.05, 4.69) is 12.2 Å².